The average Bonchev–Trinajstić information content (AvgIpc) is 2.25. The van der Waals surface area contributed by atoms with Crippen LogP contribution in [-0.4, -0.2) is 35.9 Å². The SMILES string of the molecule is O=[N+]([O-])c1cc(F)c(N(CCO)CC(F)(F)F)c(F)c1. The summed E-state index contributed by atoms with van der Waals surface area (Å²) in [6.45, 7) is -3.14. The molecule has 0 aliphatic rings. The van der Waals surface area contributed by atoms with Crippen molar-refractivity contribution in [2.75, 3.05) is 24.6 Å². The van der Waals surface area contributed by atoms with Gasteiger partial charge in [0, 0.05) is 6.54 Å². The number of benzene rings is 1. The minimum absolute atomic E-state index is 0.231. The summed E-state index contributed by atoms with van der Waals surface area (Å²) in [6, 6.07) is 0.637. The first kappa shape index (κ1) is 16.1. The molecule has 10 heteroatoms. The van der Waals surface area contributed by atoms with Gasteiger partial charge in [0.15, 0.2) is 11.6 Å². The molecule has 0 amide bonds. The minimum atomic E-state index is -4.75. The number of rotatable bonds is 5. The van der Waals surface area contributed by atoms with Gasteiger partial charge < -0.3 is 10.0 Å². The van der Waals surface area contributed by atoms with Crippen molar-refractivity contribution in [3.63, 3.8) is 0 Å². The van der Waals surface area contributed by atoms with E-state index in [0.717, 1.165) is 0 Å². The van der Waals surface area contributed by atoms with E-state index in [0.29, 0.717) is 12.1 Å². The maximum atomic E-state index is 13.6. The Balaban J connectivity index is 3.23. The zero-order valence-electron chi connectivity index (χ0n) is 9.82. The Bertz CT molecular complexity index is 483. The van der Waals surface area contributed by atoms with Gasteiger partial charge in [-0.05, 0) is 0 Å². The van der Waals surface area contributed by atoms with E-state index in [1.165, 1.54) is 0 Å². The van der Waals surface area contributed by atoms with Gasteiger partial charge in [-0.2, -0.15) is 13.2 Å². The van der Waals surface area contributed by atoms with Gasteiger partial charge in [-0.25, -0.2) is 8.78 Å². The first-order chi connectivity index (χ1) is 9.15. The second-order valence-electron chi connectivity index (χ2n) is 3.78. The van der Waals surface area contributed by atoms with Crippen LogP contribution in [0.1, 0.15) is 0 Å². The lowest BCUT2D eigenvalue weighted by atomic mass is 10.2. The molecule has 0 aliphatic carbocycles. The Morgan fingerprint density at radius 2 is 1.75 bits per heavy atom. The van der Waals surface area contributed by atoms with Crippen LogP contribution in [0.5, 0.6) is 0 Å². The lowest BCUT2D eigenvalue weighted by Crippen LogP contribution is -2.37. The van der Waals surface area contributed by atoms with E-state index in [4.69, 9.17) is 5.11 Å². The summed E-state index contributed by atoms with van der Waals surface area (Å²) in [5.41, 5.74) is -1.98. The van der Waals surface area contributed by atoms with Gasteiger partial charge in [-0.15, -0.1) is 0 Å². The van der Waals surface area contributed by atoms with E-state index < -0.39 is 53.8 Å². The van der Waals surface area contributed by atoms with Crippen LogP contribution in [0, 0.1) is 21.7 Å². The van der Waals surface area contributed by atoms with Crippen molar-refractivity contribution in [1.82, 2.24) is 0 Å². The number of aliphatic hydroxyl groups is 1. The van der Waals surface area contributed by atoms with Crippen molar-refractivity contribution in [2.24, 2.45) is 0 Å². The first-order valence-electron chi connectivity index (χ1n) is 5.21. The topological polar surface area (TPSA) is 66.6 Å². The second-order valence-corrected chi connectivity index (χ2v) is 3.78. The molecular weight excluding hydrogens is 291 g/mol. The molecule has 0 unspecified atom stereocenters. The number of halogens is 5. The average molecular weight is 300 g/mol. The number of alkyl halides is 3. The number of non-ortho nitro benzene ring substituents is 1. The van der Waals surface area contributed by atoms with Gasteiger partial charge in [-0.3, -0.25) is 10.1 Å². The summed E-state index contributed by atoms with van der Waals surface area (Å²) in [5, 5.41) is 19.0. The molecule has 112 valence electrons. The zero-order valence-corrected chi connectivity index (χ0v) is 9.82. The number of hydrogen-bond donors (Lipinski definition) is 1. The molecular formula is C10H9F5N2O3. The van der Waals surface area contributed by atoms with Gasteiger partial charge in [0.1, 0.15) is 12.2 Å². The number of nitrogens with zero attached hydrogens (tertiary/aromatic N) is 2. The molecule has 0 bridgehead atoms. The predicted molar refractivity (Wildman–Crippen MR) is 58.4 cm³/mol. The van der Waals surface area contributed by atoms with Crippen LogP contribution in [0.15, 0.2) is 12.1 Å². The highest BCUT2D eigenvalue weighted by atomic mass is 19.4. The van der Waals surface area contributed by atoms with Crippen molar-refractivity contribution in [3.05, 3.63) is 33.9 Å². The molecule has 1 aromatic rings. The Kier molecular flexibility index (Phi) is 4.82. The largest absolute Gasteiger partial charge is 0.405 e. The summed E-state index contributed by atoms with van der Waals surface area (Å²) in [4.78, 5) is 9.54. The highest BCUT2D eigenvalue weighted by Crippen LogP contribution is 2.30. The van der Waals surface area contributed by atoms with E-state index in [9.17, 15) is 32.1 Å². The fourth-order valence-electron chi connectivity index (χ4n) is 1.57. The Morgan fingerprint density at radius 1 is 1.25 bits per heavy atom. The third-order valence-electron chi connectivity index (χ3n) is 2.27. The molecule has 0 aliphatic heterocycles. The van der Waals surface area contributed by atoms with Crippen molar-refractivity contribution < 1.29 is 32.0 Å². The highest BCUT2D eigenvalue weighted by molar-refractivity contribution is 5.54. The standard InChI is InChI=1S/C10H9F5N2O3/c11-7-3-6(17(19)20)4-8(12)9(7)16(1-2-18)5-10(13,14)15/h3-4,18H,1-2,5H2. The number of anilines is 1. The number of hydrogen-bond acceptors (Lipinski definition) is 4. The lowest BCUT2D eigenvalue weighted by molar-refractivity contribution is -0.385. The molecule has 0 heterocycles. The predicted octanol–water partition coefficient (Wildman–Crippen LogP) is 2.23. The third kappa shape index (κ3) is 4.02. The van der Waals surface area contributed by atoms with Gasteiger partial charge >= 0.3 is 6.18 Å². The van der Waals surface area contributed by atoms with Crippen LogP contribution in [-0.2, 0) is 0 Å². The molecule has 1 rings (SSSR count). The smallest absolute Gasteiger partial charge is 0.395 e. The monoisotopic (exact) mass is 300 g/mol. The van der Waals surface area contributed by atoms with E-state index in [1.54, 1.807) is 0 Å². The lowest BCUT2D eigenvalue weighted by Gasteiger charge is -2.25. The van der Waals surface area contributed by atoms with E-state index >= 15 is 0 Å². The van der Waals surface area contributed by atoms with Crippen LogP contribution < -0.4 is 4.90 Å². The number of nitro groups is 1. The number of nitro benzene ring substituents is 1. The quantitative estimate of drug-likeness (QED) is 0.514. The van der Waals surface area contributed by atoms with Crippen LogP contribution in [0.2, 0.25) is 0 Å². The van der Waals surface area contributed by atoms with E-state index in [-0.39, 0.29) is 4.90 Å². The van der Waals surface area contributed by atoms with Crippen molar-refractivity contribution >= 4 is 11.4 Å². The molecule has 0 fully saturated rings. The molecule has 5 nitrogen and oxygen atoms in total. The summed E-state index contributed by atoms with van der Waals surface area (Å²) < 4.78 is 64.1. The highest BCUT2D eigenvalue weighted by Gasteiger charge is 2.33. The summed E-state index contributed by atoms with van der Waals surface area (Å²) in [6.07, 6.45) is -4.75. The Labute approximate surface area is 109 Å². The summed E-state index contributed by atoms with van der Waals surface area (Å²) >= 11 is 0. The van der Waals surface area contributed by atoms with E-state index in [1.807, 2.05) is 0 Å². The fraction of sp³-hybridized carbons (Fsp3) is 0.400. The fourth-order valence-corrected chi connectivity index (χ4v) is 1.57. The normalized spacial score (nSPS) is 11.5. The van der Waals surface area contributed by atoms with Crippen LogP contribution in [0.4, 0.5) is 33.3 Å². The van der Waals surface area contributed by atoms with Gasteiger partial charge in [-0.1, -0.05) is 0 Å². The zero-order chi connectivity index (χ0) is 15.5. The second kappa shape index (κ2) is 5.99. The van der Waals surface area contributed by atoms with Gasteiger partial charge in [0.25, 0.3) is 5.69 Å². The van der Waals surface area contributed by atoms with Crippen LogP contribution in [0.25, 0.3) is 0 Å². The van der Waals surface area contributed by atoms with Crippen LogP contribution >= 0.6 is 0 Å². The van der Waals surface area contributed by atoms with Crippen molar-refractivity contribution in [1.29, 1.82) is 0 Å². The van der Waals surface area contributed by atoms with E-state index in [2.05, 4.69) is 0 Å². The molecule has 0 spiro atoms. The Hall–Kier alpha value is -1.97. The molecule has 0 saturated heterocycles. The molecule has 0 radical (unpaired) electrons. The molecule has 0 aromatic heterocycles. The molecule has 1 aromatic carbocycles. The molecule has 1 N–H and O–H groups in total. The third-order valence-corrected chi connectivity index (χ3v) is 2.27. The Morgan fingerprint density at radius 3 is 2.10 bits per heavy atom. The van der Waals surface area contributed by atoms with Crippen molar-refractivity contribution in [3.8, 4) is 0 Å². The summed E-state index contributed by atoms with van der Waals surface area (Å²) in [5.74, 6) is -3.01. The van der Waals surface area contributed by atoms with Gasteiger partial charge in [0.2, 0.25) is 0 Å². The molecule has 20 heavy (non-hydrogen) atoms. The first-order valence-corrected chi connectivity index (χ1v) is 5.21. The maximum Gasteiger partial charge on any atom is 0.405 e. The maximum absolute atomic E-state index is 13.6. The molecule has 0 saturated carbocycles. The number of aliphatic hydroxyl groups excluding tert-OH is 1. The van der Waals surface area contributed by atoms with Gasteiger partial charge in [0.05, 0.1) is 23.7 Å². The van der Waals surface area contributed by atoms with Crippen molar-refractivity contribution in [2.45, 2.75) is 6.18 Å². The minimum Gasteiger partial charge on any atom is -0.395 e. The molecule has 0 atom stereocenters. The van der Waals surface area contributed by atoms with Crippen LogP contribution in [0.3, 0.4) is 0 Å². The summed E-state index contributed by atoms with van der Waals surface area (Å²) in [7, 11) is 0.